The maximum atomic E-state index is 10.8. The lowest BCUT2D eigenvalue weighted by molar-refractivity contribution is 0.170. The van der Waals surface area contributed by atoms with Crippen LogP contribution >= 0.6 is 19.6 Å². The minimum absolute atomic E-state index is 0.170. The molecule has 0 amide bonds. The Hall–Kier alpha value is 0.460. The van der Waals surface area contributed by atoms with E-state index < -0.39 is 7.82 Å². The first-order valence-electron chi connectivity index (χ1n) is 11.8. The maximum Gasteiger partial charge on any atom is 0.469 e. The lowest BCUT2D eigenvalue weighted by Crippen LogP contribution is -2.11. The third-order valence-corrected chi connectivity index (χ3v) is 6.94. The minimum atomic E-state index is -4.33. The van der Waals surface area contributed by atoms with Crippen LogP contribution in [0, 0.1) is 5.92 Å². The minimum Gasteiger partial charge on any atom is -0.303 e. The zero-order chi connectivity index (χ0) is 20.9. The first kappa shape index (κ1) is 28.5. The Morgan fingerprint density at radius 3 is 1.64 bits per heavy atom. The van der Waals surface area contributed by atoms with Gasteiger partial charge in [0.25, 0.3) is 0 Å². The van der Waals surface area contributed by atoms with Crippen molar-refractivity contribution in [3.8, 4) is 0 Å². The van der Waals surface area contributed by atoms with E-state index in [9.17, 15) is 4.57 Å². The largest absolute Gasteiger partial charge is 0.469 e. The number of thioether (sulfide) groups is 1. The summed E-state index contributed by atoms with van der Waals surface area (Å²) in [6.45, 7) is 4.54. The molecule has 1 atom stereocenters. The topological polar surface area (TPSA) is 66.8 Å². The first-order chi connectivity index (χ1) is 13.5. The predicted octanol–water partition coefficient (Wildman–Crippen LogP) is 7.73. The lowest BCUT2D eigenvalue weighted by Gasteiger charge is -2.16. The number of unbranched alkanes of at least 4 members (excludes halogenated alkanes) is 13. The molecule has 0 fully saturated rings. The van der Waals surface area contributed by atoms with Crippen molar-refractivity contribution in [1.29, 1.82) is 0 Å². The predicted molar refractivity (Wildman–Crippen MR) is 124 cm³/mol. The molecule has 0 spiro atoms. The van der Waals surface area contributed by atoms with E-state index in [-0.39, 0.29) is 12.5 Å². The quantitative estimate of drug-likeness (QED) is 0.134. The van der Waals surface area contributed by atoms with E-state index in [1.807, 2.05) is 11.8 Å². The highest BCUT2D eigenvalue weighted by Gasteiger charge is 2.17. The summed E-state index contributed by atoms with van der Waals surface area (Å²) in [5, 5.41) is 0. The van der Waals surface area contributed by atoms with Crippen molar-refractivity contribution in [3.05, 3.63) is 0 Å². The number of hydrogen-bond donors (Lipinski definition) is 2. The van der Waals surface area contributed by atoms with Gasteiger partial charge in [-0.05, 0) is 30.3 Å². The van der Waals surface area contributed by atoms with Gasteiger partial charge in [-0.2, -0.15) is 11.8 Å². The molecule has 170 valence electrons. The summed E-state index contributed by atoms with van der Waals surface area (Å²) in [6, 6.07) is 0. The Labute approximate surface area is 179 Å². The molecule has 0 aliphatic carbocycles. The first-order valence-corrected chi connectivity index (χ1v) is 14.5. The van der Waals surface area contributed by atoms with E-state index in [4.69, 9.17) is 9.79 Å². The molecule has 4 nitrogen and oxygen atoms in total. The highest BCUT2D eigenvalue weighted by molar-refractivity contribution is 7.99. The van der Waals surface area contributed by atoms with Crippen LogP contribution < -0.4 is 0 Å². The van der Waals surface area contributed by atoms with Crippen LogP contribution in [0.3, 0.4) is 0 Å². The van der Waals surface area contributed by atoms with Crippen LogP contribution in [-0.4, -0.2) is 27.9 Å². The van der Waals surface area contributed by atoms with E-state index in [1.165, 1.54) is 89.9 Å². The fourth-order valence-electron chi connectivity index (χ4n) is 3.47. The van der Waals surface area contributed by atoms with Crippen molar-refractivity contribution in [2.24, 2.45) is 5.92 Å². The van der Waals surface area contributed by atoms with Gasteiger partial charge in [0.2, 0.25) is 0 Å². The highest BCUT2D eigenvalue weighted by atomic mass is 32.2. The summed E-state index contributed by atoms with van der Waals surface area (Å²) in [6.07, 6.45) is 21.4. The van der Waals surface area contributed by atoms with Crippen LogP contribution in [0.2, 0.25) is 0 Å². The van der Waals surface area contributed by atoms with Gasteiger partial charge in [-0.15, -0.1) is 0 Å². The average Bonchev–Trinajstić information content (AvgIpc) is 2.65. The molecule has 0 saturated carbocycles. The standard InChI is InChI=1S/C22H47O4PS/c1-3-5-6-7-8-9-10-11-12-13-14-15-16-17-19-28-21-22(18-4-2)20-26-27(23,24)25/h22H,3-21H2,1-2H3,(H2,23,24,25). The molecular formula is C22H47O4PS. The number of hydrogen-bond acceptors (Lipinski definition) is 3. The number of phosphoric acid groups is 1. The van der Waals surface area contributed by atoms with Crippen LogP contribution in [0.15, 0.2) is 0 Å². The fourth-order valence-corrected chi connectivity index (χ4v) is 5.05. The Kier molecular flexibility index (Phi) is 21.1. The van der Waals surface area contributed by atoms with Crippen molar-refractivity contribution in [2.75, 3.05) is 18.1 Å². The van der Waals surface area contributed by atoms with Gasteiger partial charge in [-0.25, -0.2) is 4.57 Å². The molecule has 0 saturated heterocycles. The second kappa shape index (κ2) is 20.7. The van der Waals surface area contributed by atoms with Gasteiger partial charge < -0.3 is 9.79 Å². The smallest absolute Gasteiger partial charge is 0.303 e. The molecule has 0 aromatic rings. The summed E-state index contributed by atoms with van der Waals surface area (Å²) in [7, 11) is -4.33. The summed E-state index contributed by atoms with van der Waals surface area (Å²) in [4.78, 5) is 17.7. The van der Waals surface area contributed by atoms with Gasteiger partial charge in [0.05, 0.1) is 6.61 Å². The molecule has 0 rings (SSSR count). The van der Waals surface area contributed by atoms with Gasteiger partial charge in [0, 0.05) is 0 Å². The molecule has 0 aromatic heterocycles. The molecule has 0 aliphatic rings. The zero-order valence-corrected chi connectivity index (χ0v) is 20.3. The van der Waals surface area contributed by atoms with Crippen LogP contribution in [0.4, 0.5) is 0 Å². The lowest BCUT2D eigenvalue weighted by atomic mass is 10.0. The average molecular weight is 439 g/mol. The zero-order valence-electron chi connectivity index (χ0n) is 18.6. The van der Waals surface area contributed by atoms with E-state index in [1.54, 1.807) is 0 Å². The molecule has 0 radical (unpaired) electrons. The maximum absolute atomic E-state index is 10.8. The molecular weight excluding hydrogens is 391 g/mol. The molecule has 0 aromatic carbocycles. The summed E-state index contributed by atoms with van der Waals surface area (Å²) >= 11 is 1.90. The molecule has 1 unspecified atom stereocenters. The molecule has 6 heteroatoms. The molecule has 0 heterocycles. The van der Waals surface area contributed by atoms with Gasteiger partial charge in [-0.3, -0.25) is 4.52 Å². The van der Waals surface area contributed by atoms with Gasteiger partial charge in [-0.1, -0.05) is 104 Å². The Balaban J connectivity index is 3.34. The second-order valence-corrected chi connectivity index (χ2v) is 10.5. The van der Waals surface area contributed by atoms with Gasteiger partial charge in [0.15, 0.2) is 0 Å². The van der Waals surface area contributed by atoms with Crippen molar-refractivity contribution in [2.45, 2.75) is 117 Å². The third-order valence-electron chi connectivity index (χ3n) is 5.17. The fraction of sp³-hybridized carbons (Fsp3) is 1.00. The van der Waals surface area contributed by atoms with Crippen molar-refractivity contribution >= 4 is 19.6 Å². The Morgan fingerprint density at radius 1 is 0.750 bits per heavy atom. The van der Waals surface area contributed by atoms with Gasteiger partial charge in [0.1, 0.15) is 0 Å². The summed E-state index contributed by atoms with van der Waals surface area (Å²) in [5.41, 5.74) is 0. The van der Waals surface area contributed by atoms with Crippen LogP contribution in [0.25, 0.3) is 0 Å². The molecule has 28 heavy (non-hydrogen) atoms. The van der Waals surface area contributed by atoms with Crippen LogP contribution in [-0.2, 0) is 9.09 Å². The van der Waals surface area contributed by atoms with Crippen molar-refractivity contribution in [3.63, 3.8) is 0 Å². The van der Waals surface area contributed by atoms with Gasteiger partial charge >= 0.3 is 7.82 Å². The summed E-state index contributed by atoms with van der Waals surface area (Å²) in [5.74, 6) is 2.33. The molecule has 0 aliphatic heterocycles. The monoisotopic (exact) mass is 438 g/mol. The molecule has 0 bridgehead atoms. The van der Waals surface area contributed by atoms with Crippen molar-refractivity contribution < 1.29 is 18.9 Å². The Morgan fingerprint density at radius 2 is 1.21 bits per heavy atom. The Bertz CT molecular complexity index is 362. The normalized spacial score (nSPS) is 13.1. The van der Waals surface area contributed by atoms with E-state index in [0.29, 0.717) is 0 Å². The van der Waals surface area contributed by atoms with E-state index >= 15 is 0 Å². The third kappa shape index (κ3) is 22.7. The van der Waals surface area contributed by atoms with E-state index in [2.05, 4.69) is 18.4 Å². The SMILES string of the molecule is CCCCCCCCCCCCCCCCSCC(CCC)COP(=O)(O)O. The number of phosphoric ester groups is 1. The number of rotatable bonds is 22. The van der Waals surface area contributed by atoms with Crippen LogP contribution in [0.1, 0.15) is 117 Å². The second-order valence-electron chi connectivity index (χ2n) is 8.11. The molecule has 2 N–H and O–H groups in total. The van der Waals surface area contributed by atoms with Crippen molar-refractivity contribution in [1.82, 2.24) is 0 Å². The summed E-state index contributed by atoms with van der Waals surface area (Å²) < 4.78 is 15.5. The van der Waals surface area contributed by atoms with E-state index in [0.717, 1.165) is 24.3 Å². The highest BCUT2D eigenvalue weighted by Crippen LogP contribution is 2.37. The van der Waals surface area contributed by atoms with Crippen LogP contribution in [0.5, 0.6) is 0 Å².